The van der Waals surface area contributed by atoms with E-state index in [9.17, 15) is 4.79 Å². The molecule has 1 aromatic rings. The Morgan fingerprint density at radius 3 is 2.69 bits per heavy atom. The largest absolute Gasteiger partial charge is 0.480 e. The van der Waals surface area contributed by atoms with E-state index in [0.717, 1.165) is 0 Å². The molecule has 0 aromatic carbocycles. The van der Waals surface area contributed by atoms with E-state index >= 15 is 0 Å². The summed E-state index contributed by atoms with van der Waals surface area (Å²) in [6.07, 6.45) is 0. The van der Waals surface area contributed by atoms with Gasteiger partial charge in [0.05, 0.1) is 13.2 Å². The van der Waals surface area contributed by atoms with E-state index in [1.807, 2.05) is 0 Å². The standard InChI is InChI=1S/C6H6N2O4S/c9-4(10)6(1-11-2-6)3-7-8-5(13)12-3/h1-2H2,(H,8,13)(H,9,10). The second-order valence-corrected chi connectivity index (χ2v) is 3.17. The maximum Gasteiger partial charge on any atom is 0.324 e. The Balaban J connectivity index is 2.42. The van der Waals surface area contributed by atoms with Crippen molar-refractivity contribution in [2.75, 3.05) is 13.2 Å². The van der Waals surface area contributed by atoms with Crippen molar-refractivity contribution in [2.24, 2.45) is 0 Å². The lowest BCUT2D eigenvalue weighted by atomic mass is 9.86. The summed E-state index contributed by atoms with van der Waals surface area (Å²) in [7, 11) is 0. The Bertz CT molecular complexity index is 391. The van der Waals surface area contributed by atoms with Crippen molar-refractivity contribution in [3.63, 3.8) is 0 Å². The van der Waals surface area contributed by atoms with Gasteiger partial charge in [-0.05, 0) is 12.2 Å². The normalized spacial score (nSPS) is 19.4. The number of nitrogens with zero attached hydrogens (tertiary/aromatic N) is 1. The van der Waals surface area contributed by atoms with Gasteiger partial charge in [0.25, 0.3) is 4.84 Å². The van der Waals surface area contributed by atoms with Crippen LogP contribution in [-0.2, 0) is 14.9 Å². The van der Waals surface area contributed by atoms with Crippen LogP contribution in [0.15, 0.2) is 4.42 Å². The number of carboxylic acids is 1. The fraction of sp³-hybridized carbons (Fsp3) is 0.500. The molecule has 70 valence electrons. The first-order valence-corrected chi connectivity index (χ1v) is 3.93. The fourth-order valence-corrected chi connectivity index (χ4v) is 1.20. The highest BCUT2D eigenvalue weighted by molar-refractivity contribution is 7.71. The van der Waals surface area contributed by atoms with E-state index in [1.165, 1.54) is 0 Å². The van der Waals surface area contributed by atoms with Crippen molar-refractivity contribution in [2.45, 2.75) is 5.41 Å². The molecule has 0 atom stereocenters. The number of nitrogens with one attached hydrogen (secondary N) is 1. The van der Waals surface area contributed by atoms with Crippen LogP contribution in [0.25, 0.3) is 0 Å². The molecule has 0 spiro atoms. The predicted molar refractivity (Wildman–Crippen MR) is 41.8 cm³/mol. The molecule has 1 aliphatic rings. The minimum Gasteiger partial charge on any atom is -0.480 e. The molecule has 1 aliphatic heterocycles. The van der Waals surface area contributed by atoms with E-state index in [2.05, 4.69) is 22.4 Å². The number of aromatic nitrogens is 2. The molecule has 1 fully saturated rings. The smallest absolute Gasteiger partial charge is 0.324 e. The number of rotatable bonds is 2. The first-order chi connectivity index (χ1) is 6.15. The molecule has 7 heteroatoms. The summed E-state index contributed by atoms with van der Waals surface area (Å²) in [4.78, 5) is 11.0. The van der Waals surface area contributed by atoms with Crippen molar-refractivity contribution in [1.29, 1.82) is 0 Å². The lowest BCUT2D eigenvalue weighted by Gasteiger charge is -2.33. The Labute approximate surface area is 77.5 Å². The van der Waals surface area contributed by atoms with Crippen LogP contribution in [0, 0.1) is 4.84 Å². The minimum atomic E-state index is -1.15. The number of carbonyl (C=O) groups is 1. The number of hydrogen-bond acceptors (Lipinski definition) is 5. The lowest BCUT2D eigenvalue weighted by molar-refractivity contribution is -0.165. The summed E-state index contributed by atoms with van der Waals surface area (Å²) in [6.45, 7) is 0.150. The van der Waals surface area contributed by atoms with Gasteiger partial charge in [-0.1, -0.05) is 0 Å². The summed E-state index contributed by atoms with van der Waals surface area (Å²) in [6, 6.07) is 0. The highest BCUT2D eigenvalue weighted by atomic mass is 32.1. The van der Waals surface area contributed by atoms with Crippen LogP contribution < -0.4 is 0 Å². The topological polar surface area (TPSA) is 88.3 Å². The molecule has 0 saturated carbocycles. The van der Waals surface area contributed by atoms with Gasteiger partial charge in [0.2, 0.25) is 5.89 Å². The van der Waals surface area contributed by atoms with Gasteiger partial charge in [-0.2, -0.15) is 0 Å². The second kappa shape index (κ2) is 2.64. The van der Waals surface area contributed by atoms with Crippen molar-refractivity contribution < 1.29 is 19.1 Å². The molecule has 0 aliphatic carbocycles. The third-order valence-corrected chi connectivity index (χ3v) is 2.13. The molecular weight excluding hydrogens is 196 g/mol. The summed E-state index contributed by atoms with van der Waals surface area (Å²) in [5.41, 5.74) is -1.15. The SMILES string of the molecule is O=C(O)C1(c2n[nH]c(=S)o2)COC1. The van der Waals surface area contributed by atoms with Gasteiger partial charge in [-0.15, -0.1) is 5.10 Å². The molecule has 0 radical (unpaired) electrons. The number of carboxylic acid groups (broad SMARTS) is 1. The van der Waals surface area contributed by atoms with Crippen LogP contribution in [0.2, 0.25) is 0 Å². The average Bonchev–Trinajstić information content (AvgIpc) is 2.32. The van der Waals surface area contributed by atoms with Gasteiger partial charge in [-0.3, -0.25) is 4.79 Å². The van der Waals surface area contributed by atoms with Crippen LogP contribution >= 0.6 is 12.2 Å². The number of aromatic amines is 1. The second-order valence-electron chi connectivity index (χ2n) is 2.80. The maximum atomic E-state index is 10.9. The number of ether oxygens (including phenoxy) is 1. The Morgan fingerprint density at radius 1 is 1.69 bits per heavy atom. The van der Waals surface area contributed by atoms with E-state index in [0.29, 0.717) is 0 Å². The molecule has 2 rings (SSSR count). The zero-order valence-electron chi connectivity index (χ0n) is 6.44. The molecule has 13 heavy (non-hydrogen) atoms. The van der Waals surface area contributed by atoms with Gasteiger partial charge in [0, 0.05) is 0 Å². The van der Waals surface area contributed by atoms with Gasteiger partial charge in [0.1, 0.15) is 0 Å². The number of aliphatic carboxylic acids is 1. The number of hydrogen-bond donors (Lipinski definition) is 2. The van der Waals surface area contributed by atoms with Crippen LogP contribution in [0.5, 0.6) is 0 Å². The van der Waals surface area contributed by atoms with E-state index in [1.54, 1.807) is 0 Å². The fourth-order valence-electron chi connectivity index (χ4n) is 1.08. The summed E-state index contributed by atoms with van der Waals surface area (Å²) >= 11 is 4.64. The molecular formula is C6H6N2O4S. The maximum absolute atomic E-state index is 10.9. The predicted octanol–water partition coefficient (Wildman–Crippen LogP) is 0.0848. The quantitative estimate of drug-likeness (QED) is 0.660. The first-order valence-electron chi connectivity index (χ1n) is 3.52. The van der Waals surface area contributed by atoms with Gasteiger partial charge in [-0.25, -0.2) is 5.10 Å². The van der Waals surface area contributed by atoms with Crippen LogP contribution in [0.1, 0.15) is 5.89 Å². The van der Waals surface area contributed by atoms with Gasteiger partial charge in [0.15, 0.2) is 5.41 Å². The number of H-pyrrole nitrogens is 1. The van der Waals surface area contributed by atoms with Crippen molar-refractivity contribution >= 4 is 18.2 Å². The summed E-state index contributed by atoms with van der Waals surface area (Å²) in [5, 5.41) is 15.0. The molecule has 1 aromatic heterocycles. The van der Waals surface area contributed by atoms with Crippen LogP contribution in [-0.4, -0.2) is 34.5 Å². The molecule has 0 amide bonds. The summed E-state index contributed by atoms with van der Waals surface area (Å²) < 4.78 is 9.77. The lowest BCUT2D eigenvalue weighted by Crippen LogP contribution is -2.53. The Hall–Kier alpha value is -1.21. The van der Waals surface area contributed by atoms with E-state index in [4.69, 9.17) is 14.3 Å². The Morgan fingerprint density at radius 2 is 2.38 bits per heavy atom. The van der Waals surface area contributed by atoms with Crippen molar-refractivity contribution in [3.05, 3.63) is 10.7 Å². The third kappa shape index (κ3) is 1.08. The monoisotopic (exact) mass is 202 g/mol. The molecule has 2 heterocycles. The minimum absolute atomic E-state index is 0.0718. The molecule has 0 unspecified atom stereocenters. The molecule has 6 nitrogen and oxygen atoms in total. The van der Waals surface area contributed by atoms with E-state index < -0.39 is 11.4 Å². The third-order valence-electron chi connectivity index (χ3n) is 1.95. The first kappa shape index (κ1) is 8.39. The zero-order valence-corrected chi connectivity index (χ0v) is 7.26. The van der Waals surface area contributed by atoms with Crippen molar-refractivity contribution in [1.82, 2.24) is 10.2 Å². The molecule has 1 saturated heterocycles. The molecule has 2 N–H and O–H groups in total. The van der Waals surface area contributed by atoms with Crippen LogP contribution in [0.3, 0.4) is 0 Å². The van der Waals surface area contributed by atoms with Gasteiger partial charge >= 0.3 is 5.97 Å². The van der Waals surface area contributed by atoms with Crippen LogP contribution in [0.4, 0.5) is 0 Å². The van der Waals surface area contributed by atoms with Crippen molar-refractivity contribution in [3.8, 4) is 0 Å². The molecule has 0 bridgehead atoms. The summed E-state index contributed by atoms with van der Waals surface area (Å²) in [5.74, 6) is -0.930. The highest BCUT2D eigenvalue weighted by Gasteiger charge is 2.52. The highest BCUT2D eigenvalue weighted by Crippen LogP contribution is 2.31. The van der Waals surface area contributed by atoms with E-state index in [-0.39, 0.29) is 23.9 Å². The van der Waals surface area contributed by atoms with Gasteiger partial charge < -0.3 is 14.3 Å². The Kier molecular flexibility index (Phi) is 1.70. The zero-order chi connectivity index (χ0) is 9.47. The average molecular weight is 202 g/mol.